The van der Waals surface area contributed by atoms with Crippen molar-refractivity contribution in [2.75, 3.05) is 0 Å². The molecule has 0 aliphatic rings. The lowest BCUT2D eigenvalue weighted by Crippen LogP contribution is -2.25. The Morgan fingerprint density at radius 2 is 1.62 bits per heavy atom. The van der Waals surface area contributed by atoms with E-state index in [-0.39, 0.29) is 0 Å². The lowest BCUT2D eigenvalue weighted by atomic mass is 10.1. The number of para-hydroxylation sites is 1. The van der Waals surface area contributed by atoms with Crippen molar-refractivity contribution in [1.29, 1.82) is 0 Å². The van der Waals surface area contributed by atoms with Crippen LogP contribution in [-0.2, 0) is 6.54 Å². The fourth-order valence-corrected chi connectivity index (χ4v) is 2.61. The molecule has 1 aromatic carbocycles. The molecule has 0 atom stereocenters. The highest BCUT2D eigenvalue weighted by Gasteiger charge is 2.08. The Kier molecular flexibility index (Phi) is 5.78. The molecule has 0 amide bonds. The molecule has 114 valence electrons. The van der Waals surface area contributed by atoms with Crippen molar-refractivity contribution in [3.8, 4) is 0 Å². The number of aromatic nitrogens is 1. The van der Waals surface area contributed by atoms with Crippen LogP contribution in [0.25, 0.3) is 10.9 Å². The van der Waals surface area contributed by atoms with Crippen LogP contribution in [0, 0.1) is 0 Å². The zero-order chi connectivity index (χ0) is 15.1. The molecule has 1 aromatic heterocycles. The van der Waals surface area contributed by atoms with E-state index in [1.165, 1.54) is 32.1 Å². The third-order valence-electron chi connectivity index (χ3n) is 3.80. The quantitative estimate of drug-likeness (QED) is 0.696. The van der Waals surface area contributed by atoms with Crippen molar-refractivity contribution in [3.05, 3.63) is 45.2 Å². The van der Waals surface area contributed by atoms with Gasteiger partial charge in [0.15, 0.2) is 0 Å². The van der Waals surface area contributed by atoms with Gasteiger partial charge in [-0.05, 0) is 18.6 Å². The molecule has 21 heavy (non-hydrogen) atoms. The summed E-state index contributed by atoms with van der Waals surface area (Å²) in [4.78, 5) is 23.5. The Morgan fingerprint density at radius 1 is 0.952 bits per heavy atom. The summed E-state index contributed by atoms with van der Waals surface area (Å²) < 4.78 is 6.36. The zero-order valence-electron chi connectivity index (χ0n) is 12.6. The van der Waals surface area contributed by atoms with Gasteiger partial charge in [-0.2, -0.15) is 0 Å². The van der Waals surface area contributed by atoms with Gasteiger partial charge in [0.05, 0.1) is 10.9 Å². The molecular formula is C17H23NO3. The van der Waals surface area contributed by atoms with Crippen LogP contribution >= 0.6 is 0 Å². The monoisotopic (exact) mass is 289 g/mol. The van der Waals surface area contributed by atoms with Crippen LogP contribution in [-0.4, -0.2) is 4.57 Å². The SMILES string of the molecule is CCCCCCCCCn1c(=O)oc(=O)c2ccccc21. The number of benzene rings is 1. The van der Waals surface area contributed by atoms with Gasteiger partial charge in [-0.3, -0.25) is 4.57 Å². The largest absolute Gasteiger partial charge is 0.422 e. The van der Waals surface area contributed by atoms with Crippen LogP contribution in [0.4, 0.5) is 0 Å². The summed E-state index contributed by atoms with van der Waals surface area (Å²) >= 11 is 0. The molecule has 0 bridgehead atoms. The lowest BCUT2D eigenvalue weighted by Gasteiger charge is -2.08. The highest BCUT2D eigenvalue weighted by molar-refractivity contribution is 5.77. The second-order valence-electron chi connectivity index (χ2n) is 5.45. The molecule has 0 aliphatic carbocycles. The van der Waals surface area contributed by atoms with E-state index in [0.717, 1.165) is 12.8 Å². The summed E-state index contributed by atoms with van der Waals surface area (Å²) in [6.45, 7) is 2.82. The van der Waals surface area contributed by atoms with Gasteiger partial charge in [0, 0.05) is 6.54 Å². The van der Waals surface area contributed by atoms with Gasteiger partial charge >= 0.3 is 11.4 Å². The number of unbranched alkanes of at least 4 members (excludes halogenated alkanes) is 6. The first-order valence-corrected chi connectivity index (χ1v) is 7.86. The maximum Gasteiger partial charge on any atom is 0.422 e. The Balaban J connectivity index is 1.99. The van der Waals surface area contributed by atoms with Crippen LogP contribution in [0.3, 0.4) is 0 Å². The van der Waals surface area contributed by atoms with E-state index in [0.29, 0.717) is 17.4 Å². The van der Waals surface area contributed by atoms with Gasteiger partial charge in [0.2, 0.25) is 0 Å². The maximum absolute atomic E-state index is 11.9. The van der Waals surface area contributed by atoms with Crippen LogP contribution in [0.15, 0.2) is 38.3 Å². The molecule has 1 heterocycles. The van der Waals surface area contributed by atoms with Crippen LogP contribution in [0.1, 0.15) is 51.9 Å². The molecule has 0 radical (unpaired) electrons. The second kappa shape index (κ2) is 7.81. The number of hydrogen-bond acceptors (Lipinski definition) is 3. The van der Waals surface area contributed by atoms with E-state index in [4.69, 9.17) is 4.42 Å². The summed E-state index contributed by atoms with van der Waals surface area (Å²) in [6.07, 6.45) is 8.34. The first kappa shape index (κ1) is 15.5. The van der Waals surface area contributed by atoms with Crippen LogP contribution in [0.2, 0.25) is 0 Å². The van der Waals surface area contributed by atoms with Crippen LogP contribution in [0.5, 0.6) is 0 Å². The standard InChI is InChI=1S/C17H23NO3/c1-2-3-4-5-6-7-10-13-18-15-12-9-8-11-14(15)16(19)21-17(18)20/h8-9,11-12H,2-7,10,13H2,1H3. The normalized spacial score (nSPS) is 11.1. The molecule has 0 spiro atoms. The van der Waals surface area contributed by atoms with Gasteiger partial charge in [0.1, 0.15) is 0 Å². The Hall–Kier alpha value is -1.84. The minimum absolute atomic E-state index is 0.472. The van der Waals surface area contributed by atoms with Crippen molar-refractivity contribution in [2.45, 2.75) is 58.4 Å². The average molecular weight is 289 g/mol. The molecule has 4 heteroatoms. The Morgan fingerprint density at radius 3 is 2.38 bits per heavy atom. The molecule has 0 N–H and O–H groups in total. The third-order valence-corrected chi connectivity index (χ3v) is 3.80. The van der Waals surface area contributed by atoms with Crippen LogP contribution < -0.4 is 11.4 Å². The van der Waals surface area contributed by atoms with Gasteiger partial charge in [-0.15, -0.1) is 0 Å². The highest BCUT2D eigenvalue weighted by Crippen LogP contribution is 2.10. The molecule has 0 saturated heterocycles. The summed E-state index contributed by atoms with van der Waals surface area (Å²) in [7, 11) is 0. The predicted molar refractivity (Wildman–Crippen MR) is 84.7 cm³/mol. The summed E-state index contributed by atoms with van der Waals surface area (Å²) in [5.41, 5.74) is 0.121. The van der Waals surface area contributed by atoms with Crippen molar-refractivity contribution in [3.63, 3.8) is 0 Å². The number of aryl methyl sites for hydroxylation is 1. The minimum atomic E-state index is -0.551. The summed E-state index contributed by atoms with van der Waals surface area (Å²) in [5, 5.41) is 0.472. The van der Waals surface area contributed by atoms with Crippen molar-refractivity contribution in [2.24, 2.45) is 0 Å². The number of rotatable bonds is 8. The molecular weight excluding hydrogens is 266 g/mol. The first-order valence-electron chi connectivity index (χ1n) is 7.86. The smallest absolute Gasteiger partial charge is 0.372 e. The van der Waals surface area contributed by atoms with Crippen molar-refractivity contribution in [1.82, 2.24) is 4.57 Å². The first-order chi connectivity index (χ1) is 10.2. The Bertz CT molecular complexity index is 684. The average Bonchev–Trinajstić information content (AvgIpc) is 2.49. The maximum atomic E-state index is 11.9. The lowest BCUT2D eigenvalue weighted by molar-refractivity contribution is 0.408. The van der Waals surface area contributed by atoms with Crippen molar-refractivity contribution >= 4 is 10.9 Å². The topological polar surface area (TPSA) is 52.2 Å². The van der Waals surface area contributed by atoms with Gasteiger partial charge < -0.3 is 4.42 Å². The zero-order valence-corrected chi connectivity index (χ0v) is 12.6. The summed E-state index contributed by atoms with van der Waals surface area (Å²) in [5.74, 6) is -0.551. The van der Waals surface area contributed by atoms with Crippen molar-refractivity contribution < 1.29 is 4.42 Å². The van der Waals surface area contributed by atoms with Gasteiger partial charge in [-0.25, -0.2) is 9.59 Å². The summed E-state index contributed by atoms with van der Waals surface area (Å²) in [6, 6.07) is 7.11. The molecule has 2 rings (SSSR count). The van der Waals surface area contributed by atoms with E-state index in [1.807, 2.05) is 6.07 Å². The molecule has 0 aliphatic heterocycles. The predicted octanol–water partition coefficient (Wildman–Crippen LogP) is 3.71. The molecule has 0 unspecified atom stereocenters. The molecule has 0 saturated carbocycles. The van der Waals surface area contributed by atoms with E-state index in [9.17, 15) is 9.59 Å². The highest BCUT2D eigenvalue weighted by atomic mass is 16.4. The van der Waals surface area contributed by atoms with E-state index in [2.05, 4.69) is 6.92 Å². The van der Waals surface area contributed by atoms with E-state index < -0.39 is 11.4 Å². The van der Waals surface area contributed by atoms with Gasteiger partial charge in [0.25, 0.3) is 0 Å². The molecule has 2 aromatic rings. The van der Waals surface area contributed by atoms with E-state index >= 15 is 0 Å². The van der Waals surface area contributed by atoms with E-state index in [1.54, 1.807) is 22.8 Å². The fraction of sp³-hybridized carbons (Fsp3) is 0.529. The fourth-order valence-electron chi connectivity index (χ4n) is 2.61. The third kappa shape index (κ3) is 4.06. The Labute approximate surface area is 124 Å². The number of nitrogens with zero attached hydrogens (tertiary/aromatic N) is 1. The van der Waals surface area contributed by atoms with Gasteiger partial charge in [-0.1, -0.05) is 57.6 Å². The number of fused-ring (bicyclic) bond motifs is 1. The molecule has 0 fully saturated rings. The second-order valence-corrected chi connectivity index (χ2v) is 5.45. The molecule has 4 nitrogen and oxygen atoms in total. The minimum Gasteiger partial charge on any atom is -0.372 e. The number of hydrogen-bond donors (Lipinski definition) is 0.